The van der Waals surface area contributed by atoms with Gasteiger partial charge in [-0.05, 0) is 54.6 Å². The summed E-state index contributed by atoms with van der Waals surface area (Å²) in [4.78, 5) is 28.9. The third-order valence-corrected chi connectivity index (χ3v) is 4.85. The van der Waals surface area contributed by atoms with Crippen molar-refractivity contribution < 1.29 is 19.4 Å². The van der Waals surface area contributed by atoms with Crippen LogP contribution in [0.25, 0.3) is 6.08 Å². The summed E-state index contributed by atoms with van der Waals surface area (Å²) in [5, 5.41) is 13.0. The number of phenols is 1. The number of hydrogen-bond donors (Lipinski definition) is 2. The van der Waals surface area contributed by atoms with E-state index in [-0.39, 0.29) is 17.6 Å². The van der Waals surface area contributed by atoms with Gasteiger partial charge in [0.05, 0.1) is 22.8 Å². The summed E-state index contributed by atoms with van der Waals surface area (Å²) in [6, 6.07) is 13.5. The summed E-state index contributed by atoms with van der Waals surface area (Å²) >= 11 is 1.19. The van der Waals surface area contributed by atoms with Crippen LogP contribution >= 0.6 is 11.8 Å². The molecule has 0 spiro atoms. The number of amides is 1. The summed E-state index contributed by atoms with van der Waals surface area (Å²) in [5.74, 6) is -0.526. The van der Waals surface area contributed by atoms with Gasteiger partial charge >= 0.3 is 5.97 Å². The van der Waals surface area contributed by atoms with Gasteiger partial charge in [-0.3, -0.25) is 4.79 Å². The van der Waals surface area contributed by atoms with E-state index in [1.165, 1.54) is 11.8 Å². The predicted molar refractivity (Wildman–Crippen MR) is 111 cm³/mol. The van der Waals surface area contributed by atoms with Crippen LogP contribution in [0.15, 0.2) is 58.4 Å². The molecule has 7 heteroatoms. The minimum atomic E-state index is -0.357. The van der Waals surface area contributed by atoms with Crippen molar-refractivity contribution in [2.24, 2.45) is 4.99 Å². The number of thioether (sulfide) groups is 1. The molecule has 1 fully saturated rings. The van der Waals surface area contributed by atoms with Crippen LogP contribution in [0.2, 0.25) is 0 Å². The maximum atomic E-state index is 12.1. The molecule has 144 valence electrons. The molecule has 1 aliphatic heterocycles. The number of nitrogens with one attached hydrogen (secondary N) is 1. The van der Waals surface area contributed by atoms with Crippen molar-refractivity contribution in [3.8, 4) is 5.75 Å². The first-order valence-corrected chi connectivity index (χ1v) is 9.73. The second-order valence-electron chi connectivity index (χ2n) is 6.08. The van der Waals surface area contributed by atoms with Crippen LogP contribution in [-0.2, 0) is 9.53 Å². The van der Waals surface area contributed by atoms with E-state index < -0.39 is 0 Å². The van der Waals surface area contributed by atoms with Crippen LogP contribution in [-0.4, -0.2) is 28.8 Å². The maximum absolute atomic E-state index is 12.1. The van der Waals surface area contributed by atoms with Crippen molar-refractivity contribution in [1.29, 1.82) is 0 Å². The Kier molecular flexibility index (Phi) is 6.49. The third-order valence-electron chi connectivity index (χ3n) is 3.94. The number of nitrogens with zero attached hydrogens (tertiary/aromatic N) is 1. The van der Waals surface area contributed by atoms with Crippen LogP contribution in [0.3, 0.4) is 0 Å². The average molecular weight is 396 g/mol. The molecule has 0 atom stereocenters. The zero-order valence-electron chi connectivity index (χ0n) is 15.3. The highest BCUT2D eigenvalue weighted by Gasteiger charge is 2.24. The van der Waals surface area contributed by atoms with Crippen molar-refractivity contribution in [2.45, 2.75) is 19.8 Å². The lowest BCUT2D eigenvalue weighted by molar-refractivity contribution is -0.115. The number of para-hydroxylation sites is 1. The zero-order valence-corrected chi connectivity index (χ0v) is 16.2. The molecule has 28 heavy (non-hydrogen) atoms. The molecule has 1 saturated heterocycles. The molecule has 0 aliphatic carbocycles. The second-order valence-corrected chi connectivity index (χ2v) is 7.11. The van der Waals surface area contributed by atoms with Crippen LogP contribution < -0.4 is 5.32 Å². The quantitative estimate of drug-likeness (QED) is 0.433. The summed E-state index contributed by atoms with van der Waals surface area (Å²) < 4.78 is 5.17. The van der Waals surface area contributed by atoms with E-state index in [0.717, 1.165) is 12.8 Å². The van der Waals surface area contributed by atoms with Crippen molar-refractivity contribution in [3.63, 3.8) is 0 Å². The van der Waals surface area contributed by atoms with E-state index in [9.17, 15) is 14.7 Å². The summed E-state index contributed by atoms with van der Waals surface area (Å²) in [5.41, 5.74) is 1.63. The number of amidine groups is 1. The van der Waals surface area contributed by atoms with Crippen molar-refractivity contribution in [3.05, 3.63) is 64.6 Å². The third kappa shape index (κ3) is 5.01. The Morgan fingerprint density at radius 3 is 2.68 bits per heavy atom. The van der Waals surface area contributed by atoms with Crippen molar-refractivity contribution in [1.82, 2.24) is 5.32 Å². The van der Waals surface area contributed by atoms with E-state index in [2.05, 4.69) is 10.3 Å². The van der Waals surface area contributed by atoms with Crippen molar-refractivity contribution in [2.75, 3.05) is 6.61 Å². The van der Waals surface area contributed by atoms with Gasteiger partial charge in [0.2, 0.25) is 0 Å². The number of carbonyl (C=O) groups excluding carboxylic acids is 2. The second kappa shape index (κ2) is 9.23. The molecular weight excluding hydrogens is 376 g/mol. The smallest absolute Gasteiger partial charge is 0.338 e. The van der Waals surface area contributed by atoms with Crippen LogP contribution in [0.1, 0.15) is 35.7 Å². The Bertz CT molecular complexity index is 936. The number of aliphatic imine (C=N–C) groups is 1. The van der Waals surface area contributed by atoms with Gasteiger partial charge in [-0.2, -0.15) is 0 Å². The first kappa shape index (κ1) is 19.7. The van der Waals surface area contributed by atoms with E-state index >= 15 is 0 Å². The molecule has 0 aromatic heterocycles. The zero-order chi connectivity index (χ0) is 19.9. The van der Waals surface area contributed by atoms with Gasteiger partial charge < -0.3 is 15.2 Å². The molecule has 0 radical (unpaired) electrons. The topological polar surface area (TPSA) is 88.0 Å². The van der Waals surface area contributed by atoms with E-state index in [1.54, 1.807) is 54.6 Å². The molecule has 1 heterocycles. The molecule has 6 nitrogen and oxygen atoms in total. The molecule has 1 aliphatic rings. The Morgan fingerprint density at radius 2 is 1.96 bits per heavy atom. The lowest BCUT2D eigenvalue weighted by Crippen LogP contribution is -2.19. The van der Waals surface area contributed by atoms with E-state index in [1.807, 2.05) is 6.92 Å². The number of esters is 1. The Morgan fingerprint density at radius 1 is 1.21 bits per heavy atom. The number of benzene rings is 2. The first-order chi connectivity index (χ1) is 13.6. The van der Waals surface area contributed by atoms with Crippen molar-refractivity contribution >= 4 is 40.6 Å². The Labute approximate surface area is 167 Å². The lowest BCUT2D eigenvalue weighted by atomic mass is 10.2. The molecular formula is C21H20N2O4S. The lowest BCUT2D eigenvalue weighted by Gasteiger charge is -2.04. The summed E-state index contributed by atoms with van der Waals surface area (Å²) in [6.45, 7) is 2.44. The normalized spacial score (nSPS) is 16.4. The number of carbonyl (C=O) groups is 2. The highest BCUT2D eigenvalue weighted by molar-refractivity contribution is 8.18. The molecule has 0 bridgehead atoms. The summed E-state index contributed by atoms with van der Waals surface area (Å²) in [7, 11) is 0. The van der Waals surface area contributed by atoms with Gasteiger partial charge in [-0.25, -0.2) is 9.79 Å². The Balaban J connectivity index is 1.68. The van der Waals surface area contributed by atoms with Crippen LogP contribution in [0.4, 0.5) is 5.69 Å². The van der Waals surface area contributed by atoms with Gasteiger partial charge in [0.15, 0.2) is 5.17 Å². The first-order valence-electron chi connectivity index (χ1n) is 8.91. The number of unbranched alkanes of at least 4 members (excludes halogenated alkanes) is 1. The van der Waals surface area contributed by atoms with E-state index in [0.29, 0.717) is 33.5 Å². The van der Waals surface area contributed by atoms with Gasteiger partial charge in [0, 0.05) is 5.56 Å². The fourth-order valence-electron chi connectivity index (χ4n) is 2.41. The molecule has 3 rings (SSSR count). The molecule has 0 unspecified atom stereocenters. The number of rotatable bonds is 6. The van der Waals surface area contributed by atoms with Crippen LogP contribution in [0, 0.1) is 0 Å². The number of phenolic OH excluding ortho intramolecular Hbond substituents is 1. The highest BCUT2D eigenvalue weighted by Crippen LogP contribution is 2.30. The fraction of sp³-hybridized carbons (Fsp3) is 0.190. The SMILES string of the molecule is CCCCOC(=O)c1ccc(N=C2NC(=O)/C(=C/c3ccccc3O)S2)cc1. The number of hydrogen-bond acceptors (Lipinski definition) is 6. The van der Waals surface area contributed by atoms with Crippen LogP contribution in [0.5, 0.6) is 5.75 Å². The Hall–Kier alpha value is -3.06. The maximum Gasteiger partial charge on any atom is 0.338 e. The minimum absolute atomic E-state index is 0.107. The van der Waals surface area contributed by atoms with Gasteiger partial charge in [0.25, 0.3) is 5.91 Å². The van der Waals surface area contributed by atoms with E-state index in [4.69, 9.17) is 4.74 Å². The predicted octanol–water partition coefficient (Wildman–Crippen LogP) is 4.24. The number of ether oxygens (including phenoxy) is 1. The highest BCUT2D eigenvalue weighted by atomic mass is 32.2. The minimum Gasteiger partial charge on any atom is -0.507 e. The molecule has 1 amide bonds. The summed E-state index contributed by atoms with van der Waals surface area (Å²) in [6.07, 6.45) is 3.42. The fourth-order valence-corrected chi connectivity index (χ4v) is 3.25. The largest absolute Gasteiger partial charge is 0.507 e. The molecule has 0 saturated carbocycles. The molecule has 2 N–H and O–H groups in total. The van der Waals surface area contributed by atoms with Gasteiger partial charge in [0.1, 0.15) is 5.75 Å². The molecule has 2 aromatic rings. The van der Waals surface area contributed by atoms with Gasteiger partial charge in [-0.15, -0.1) is 0 Å². The van der Waals surface area contributed by atoms with Gasteiger partial charge in [-0.1, -0.05) is 31.5 Å². The number of aromatic hydroxyl groups is 1. The molecule has 2 aromatic carbocycles. The average Bonchev–Trinajstić information content (AvgIpc) is 3.03. The standard InChI is InChI=1S/C21H20N2O4S/c1-2-3-12-27-20(26)14-8-10-16(11-9-14)22-21-23-19(25)18(28-21)13-15-6-4-5-7-17(15)24/h4-11,13,24H,2-3,12H2,1H3,(H,22,23,25)/b18-13-. The monoisotopic (exact) mass is 396 g/mol.